The molecule has 0 rings (SSSR count). The average molecular weight is 379 g/mol. The van der Waals surface area contributed by atoms with Crippen LogP contribution < -0.4 is 0 Å². The maximum absolute atomic E-state index is 11.4. The lowest BCUT2D eigenvalue weighted by Crippen LogP contribution is -1.97. The van der Waals surface area contributed by atoms with Gasteiger partial charge in [-0.05, 0) is 18.9 Å². The van der Waals surface area contributed by atoms with E-state index in [2.05, 4.69) is 13.5 Å². The summed E-state index contributed by atoms with van der Waals surface area (Å²) in [6.07, 6.45) is 28.6. The zero-order chi connectivity index (χ0) is 20.0. The van der Waals surface area contributed by atoms with Gasteiger partial charge in [-0.2, -0.15) is 0 Å². The molecule has 0 aliphatic rings. The summed E-state index contributed by atoms with van der Waals surface area (Å²) in [7, 11) is 0. The van der Waals surface area contributed by atoms with Crippen molar-refractivity contribution >= 4 is 5.78 Å². The van der Waals surface area contributed by atoms with Gasteiger partial charge in [-0.1, -0.05) is 135 Å². The van der Waals surface area contributed by atoms with E-state index in [0.29, 0.717) is 12.0 Å². The summed E-state index contributed by atoms with van der Waals surface area (Å²) >= 11 is 0. The Kier molecular flexibility index (Phi) is 21.2. The van der Waals surface area contributed by atoms with Gasteiger partial charge < -0.3 is 0 Å². The number of hydrogen-bond acceptors (Lipinski definition) is 1. The van der Waals surface area contributed by atoms with E-state index in [0.717, 1.165) is 6.42 Å². The van der Waals surface area contributed by atoms with Gasteiger partial charge in [0.25, 0.3) is 0 Å². The van der Waals surface area contributed by atoms with Gasteiger partial charge in [-0.25, -0.2) is 0 Å². The summed E-state index contributed by atoms with van der Waals surface area (Å²) in [6, 6.07) is 0. The van der Waals surface area contributed by atoms with Crippen LogP contribution >= 0.6 is 0 Å². The number of rotatable bonds is 22. The van der Waals surface area contributed by atoms with Gasteiger partial charge in [-0.15, -0.1) is 0 Å². The van der Waals surface area contributed by atoms with E-state index in [4.69, 9.17) is 0 Å². The Morgan fingerprint density at radius 1 is 0.519 bits per heavy atom. The predicted octanol–water partition coefficient (Wildman–Crippen LogP) is 9.34. The third-order valence-corrected chi connectivity index (χ3v) is 5.73. The monoisotopic (exact) mass is 378 g/mol. The van der Waals surface area contributed by atoms with Gasteiger partial charge in [0.2, 0.25) is 0 Å². The topological polar surface area (TPSA) is 17.1 Å². The van der Waals surface area contributed by atoms with E-state index in [1.165, 1.54) is 122 Å². The first-order valence-corrected chi connectivity index (χ1v) is 12.4. The van der Waals surface area contributed by atoms with Crippen molar-refractivity contribution in [3.05, 3.63) is 12.2 Å². The van der Waals surface area contributed by atoms with Crippen LogP contribution in [0.5, 0.6) is 0 Å². The van der Waals surface area contributed by atoms with Crippen molar-refractivity contribution in [3.63, 3.8) is 0 Å². The fourth-order valence-electron chi connectivity index (χ4n) is 3.75. The fourth-order valence-corrected chi connectivity index (χ4v) is 3.75. The van der Waals surface area contributed by atoms with Crippen molar-refractivity contribution in [1.82, 2.24) is 0 Å². The second-order valence-corrected chi connectivity index (χ2v) is 8.67. The molecule has 0 saturated carbocycles. The third kappa shape index (κ3) is 21.6. The van der Waals surface area contributed by atoms with Crippen LogP contribution in [0.4, 0.5) is 0 Å². The normalized spacial score (nSPS) is 11.0. The average Bonchev–Trinajstić information content (AvgIpc) is 2.66. The second kappa shape index (κ2) is 21.7. The molecular formula is C26H50O. The molecular weight excluding hydrogens is 328 g/mol. The summed E-state index contributed by atoms with van der Waals surface area (Å²) in [5, 5.41) is 0. The van der Waals surface area contributed by atoms with E-state index < -0.39 is 0 Å². The molecule has 0 aromatic heterocycles. The maximum atomic E-state index is 11.4. The number of hydrogen-bond donors (Lipinski definition) is 0. The van der Waals surface area contributed by atoms with E-state index in [1.54, 1.807) is 0 Å². The van der Waals surface area contributed by atoms with Gasteiger partial charge in [0, 0.05) is 6.42 Å². The highest BCUT2D eigenvalue weighted by Gasteiger charge is 2.01. The fraction of sp³-hybridized carbons (Fsp3) is 0.885. The van der Waals surface area contributed by atoms with Crippen LogP contribution in [0.3, 0.4) is 0 Å². The van der Waals surface area contributed by atoms with Crippen LogP contribution in [-0.4, -0.2) is 5.78 Å². The van der Waals surface area contributed by atoms with E-state index in [-0.39, 0.29) is 5.78 Å². The van der Waals surface area contributed by atoms with Gasteiger partial charge >= 0.3 is 0 Å². The zero-order valence-electron chi connectivity index (χ0n) is 19.0. The number of carbonyl (C=O) groups excluding carboxylic acids is 1. The second-order valence-electron chi connectivity index (χ2n) is 8.67. The molecule has 0 bridgehead atoms. The van der Waals surface area contributed by atoms with Crippen molar-refractivity contribution < 1.29 is 4.79 Å². The lowest BCUT2D eigenvalue weighted by atomic mass is 10.0. The molecule has 0 radical (unpaired) electrons. The molecule has 0 aromatic rings. The first-order chi connectivity index (χ1) is 13.2. The summed E-state index contributed by atoms with van der Waals surface area (Å²) in [6.45, 7) is 7.82. The first kappa shape index (κ1) is 26.4. The number of carbonyl (C=O) groups is 1. The summed E-state index contributed by atoms with van der Waals surface area (Å²) < 4.78 is 0. The van der Waals surface area contributed by atoms with Crippen LogP contribution in [0, 0.1) is 0 Å². The Balaban J connectivity index is 3.05. The van der Waals surface area contributed by atoms with E-state index in [9.17, 15) is 4.79 Å². The summed E-state index contributed by atoms with van der Waals surface area (Å²) in [5.74, 6) is 0.248. The number of ketones is 1. The van der Waals surface area contributed by atoms with E-state index in [1.807, 2.05) is 6.92 Å². The largest absolute Gasteiger partial charge is 0.295 e. The molecule has 160 valence electrons. The molecule has 0 amide bonds. The van der Waals surface area contributed by atoms with Crippen LogP contribution in [0.2, 0.25) is 0 Å². The van der Waals surface area contributed by atoms with Crippen molar-refractivity contribution in [3.8, 4) is 0 Å². The predicted molar refractivity (Wildman–Crippen MR) is 122 cm³/mol. The highest BCUT2D eigenvalue weighted by molar-refractivity contribution is 5.93. The van der Waals surface area contributed by atoms with Gasteiger partial charge in [-0.3, -0.25) is 4.79 Å². The lowest BCUT2D eigenvalue weighted by Gasteiger charge is -2.04. The molecule has 0 spiro atoms. The summed E-state index contributed by atoms with van der Waals surface area (Å²) in [4.78, 5) is 11.4. The Bertz CT molecular complexity index is 331. The number of allylic oxidation sites excluding steroid dienone is 1. The Hall–Kier alpha value is -0.590. The molecule has 0 atom stereocenters. The van der Waals surface area contributed by atoms with E-state index >= 15 is 0 Å². The highest BCUT2D eigenvalue weighted by Crippen LogP contribution is 2.15. The minimum Gasteiger partial charge on any atom is -0.295 e. The number of Topliss-reactive ketones (excluding diaryl/α,β-unsaturated/α-hetero) is 1. The van der Waals surface area contributed by atoms with Gasteiger partial charge in [0.05, 0.1) is 0 Å². The Labute approximate surface area is 171 Å². The van der Waals surface area contributed by atoms with Crippen LogP contribution in [-0.2, 0) is 4.79 Å². The molecule has 1 heteroatoms. The minimum atomic E-state index is 0.248. The number of unbranched alkanes of at least 4 members (excludes halogenated alkanes) is 19. The minimum absolute atomic E-state index is 0.248. The third-order valence-electron chi connectivity index (χ3n) is 5.73. The van der Waals surface area contributed by atoms with Crippen molar-refractivity contribution in [2.75, 3.05) is 0 Å². The Morgan fingerprint density at radius 2 is 0.778 bits per heavy atom. The SMILES string of the molecule is C=C(C)C(=O)CCCCCCCCCCCCCCCCCCCCCC. The summed E-state index contributed by atoms with van der Waals surface area (Å²) in [5.41, 5.74) is 0.716. The smallest absolute Gasteiger partial charge is 0.157 e. The quantitative estimate of drug-likeness (QED) is 0.135. The Morgan fingerprint density at radius 3 is 1.04 bits per heavy atom. The van der Waals surface area contributed by atoms with Crippen molar-refractivity contribution in [1.29, 1.82) is 0 Å². The van der Waals surface area contributed by atoms with Gasteiger partial charge in [0.15, 0.2) is 5.78 Å². The standard InChI is InChI=1S/C26H50O/c1-4-5-6-7-8-9-10-11-12-13-14-15-16-17-18-19-20-21-22-23-24-26(27)25(2)3/h2,4-24H2,1,3H3. The van der Waals surface area contributed by atoms with Crippen molar-refractivity contribution in [2.24, 2.45) is 0 Å². The maximum Gasteiger partial charge on any atom is 0.157 e. The molecule has 0 fully saturated rings. The molecule has 0 unspecified atom stereocenters. The van der Waals surface area contributed by atoms with Crippen LogP contribution in [0.15, 0.2) is 12.2 Å². The molecule has 0 N–H and O–H groups in total. The van der Waals surface area contributed by atoms with Crippen LogP contribution in [0.1, 0.15) is 149 Å². The highest BCUT2D eigenvalue weighted by atomic mass is 16.1. The molecule has 0 aliphatic heterocycles. The molecule has 1 nitrogen and oxygen atoms in total. The lowest BCUT2D eigenvalue weighted by molar-refractivity contribution is -0.115. The van der Waals surface area contributed by atoms with Crippen LogP contribution in [0.25, 0.3) is 0 Å². The zero-order valence-corrected chi connectivity index (χ0v) is 19.0. The van der Waals surface area contributed by atoms with Gasteiger partial charge in [0.1, 0.15) is 0 Å². The molecule has 0 aliphatic carbocycles. The first-order valence-electron chi connectivity index (χ1n) is 12.4. The van der Waals surface area contributed by atoms with Crippen molar-refractivity contribution in [2.45, 2.75) is 149 Å². The molecule has 0 aromatic carbocycles. The molecule has 0 heterocycles. The molecule has 27 heavy (non-hydrogen) atoms. The molecule has 0 saturated heterocycles.